The molecule has 0 amide bonds. The predicted molar refractivity (Wildman–Crippen MR) is 130 cm³/mol. The van der Waals surface area contributed by atoms with Gasteiger partial charge in [0.25, 0.3) is 0 Å². The van der Waals surface area contributed by atoms with Crippen molar-refractivity contribution in [2.75, 3.05) is 77.7 Å². The summed E-state index contributed by atoms with van der Waals surface area (Å²) in [5.41, 5.74) is 7.07. The molecule has 1 saturated heterocycles. The second kappa shape index (κ2) is 14.3. The molecule has 0 radical (unpaired) electrons. The van der Waals surface area contributed by atoms with Crippen molar-refractivity contribution in [1.82, 2.24) is 19.6 Å². The molecular formula is C23H35N5O8. The summed E-state index contributed by atoms with van der Waals surface area (Å²) in [4.78, 5) is 53.1. The molecule has 200 valence electrons. The summed E-state index contributed by atoms with van der Waals surface area (Å²) >= 11 is 0. The lowest BCUT2D eigenvalue weighted by atomic mass is 10.0. The largest absolute Gasteiger partial charge is 0.480 e. The number of nitrogen functional groups attached to an aromatic ring is 1. The molecule has 1 heterocycles. The minimum atomic E-state index is -1.04. The van der Waals surface area contributed by atoms with Crippen LogP contribution in [0.1, 0.15) is 5.56 Å². The van der Waals surface area contributed by atoms with E-state index in [9.17, 15) is 39.6 Å². The second-order valence-corrected chi connectivity index (χ2v) is 8.85. The van der Waals surface area contributed by atoms with Gasteiger partial charge in [-0.05, 0) is 24.1 Å². The van der Waals surface area contributed by atoms with Gasteiger partial charge in [-0.1, -0.05) is 12.1 Å². The summed E-state index contributed by atoms with van der Waals surface area (Å²) < 4.78 is 0. The number of carbonyl (C=O) groups is 4. The van der Waals surface area contributed by atoms with Crippen molar-refractivity contribution < 1.29 is 39.6 Å². The van der Waals surface area contributed by atoms with Crippen molar-refractivity contribution in [3.05, 3.63) is 29.8 Å². The van der Waals surface area contributed by atoms with E-state index >= 15 is 0 Å². The topological polar surface area (TPSA) is 188 Å². The van der Waals surface area contributed by atoms with E-state index in [1.54, 1.807) is 43.9 Å². The van der Waals surface area contributed by atoms with Crippen LogP contribution < -0.4 is 5.73 Å². The normalized spacial score (nSPS) is 18.6. The lowest BCUT2D eigenvalue weighted by molar-refractivity contribution is -0.144. The van der Waals surface area contributed by atoms with E-state index in [-0.39, 0.29) is 78.4 Å². The van der Waals surface area contributed by atoms with Crippen LogP contribution in [0.3, 0.4) is 0 Å². The van der Waals surface area contributed by atoms with Crippen LogP contribution in [0.4, 0.5) is 5.69 Å². The van der Waals surface area contributed by atoms with Gasteiger partial charge < -0.3 is 26.2 Å². The van der Waals surface area contributed by atoms with Crippen molar-refractivity contribution in [2.24, 2.45) is 0 Å². The molecule has 0 bridgehead atoms. The zero-order valence-electron chi connectivity index (χ0n) is 20.2. The molecule has 1 aliphatic heterocycles. The maximum Gasteiger partial charge on any atom is 0.321 e. The lowest BCUT2D eigenvalue weighted by Gasteiger charge is -2.35. The van der Waals surface area contributed by atoms with E-state index in [0.29, 0.717) is 5.69 Å². The summed E-state index contributed by atoms with van der Waals surface area (Å²) in [6.07, 6.45) is 0.194. The van der Waals surface area contributed by atoms with E-state index < -0.39 is 29.9 Å². The lowest BCUT2D eigenvalue weighted by Crippen LogP contribution is -2.52. The van der Waals surface area contributed by atoms with Gasteiger partial charge in [0.1, 0.15) is 6.04 Å². The number of hydrogen-bond acceptors (Lipinski definition) is 9. The highest BCUT2D eigenvalue weighted by molar-refractivity contribution is 5.74. The summed E-state index contributed by atoms with van der Waals surface area (Å²) in [6, 6.07) is 5.98. The first-order valence-corrected chi connectivity index (χ1v) is 11.7. The van der Waals surface area contributed by atoms with Gasteiger partial charge in [-0.2, -0.15) is 0 Å². The zero-order chi connectivity index (χ0) is 26.7. The Labute approximate surface area is 209 Å². The first-order valence-electron chi connectivity index (χ1n) is 11.7. The van der Waals surface area contributed by atoms with E-state index in [1.807, 2.05) is 0 Å². The Morgan fingerprint density at radius 3 is 1.36 bits per heavy atom. The van der Waals surface area contributed by atoms with Gasteiger partial charge in [0, 0.05) is 58.0 Å². The molecule has 0 saturated carbocycles. The minimum Gasteiger partial charge on any atom is -0.480 e. The van der Waals surface area contributed by atoms with Gasteiger partial charge >= 0.3 is 23.9 Å². The van der Waals surface area contributed by atoms with E-state index in [2.05, 4.69) is 0 Å². The molecule has 0 spiro atoms. The Bertz CT molecular complexity index is 865. The standard InChI is InChI=1S/C23H35N5O8/c24-18-3-1-17(2-4-18)13-19(23(35)36)28-11-9-26(15-21(31)32)7-5-25(14-20(29)30)6-8-27(10-12-28)16-22(33)34/h1-4,19H,5-16,24H2,(H,29,30)(H,31,32)(H,33,34)(H,35,36). The van der Waals surface area contributed by atoms with Crippen LogP contribution in [0.2, 0.25) is 0 Å². The maximum absolute atomic E-state index is 12.3. The highest BCUT2D eigenvalue weighted by Gasteiger charge is 2.28. The van der Waals surface area contributed by atoms with Crippen molar-refractivity contribution in [2.45, 2.75) is 12.5 Å². The number of carboxylic acid groups (broad SMARTS) is 4. The number of hydrogen-bond donors (Lipinski definition) is 5. The highest BCUT2D eigenvalue weighted by atomic mass is 16.4. The van der Waals surface area contributed by atoms with Crippen LogP contribution in [0.15, 0.2) is 24.3 Å². The summed E-state index contributed by atoms with van der Waals surface area (Å²) in [7, 11) is 0. The number of carboxylic acids is 4. The number of benzene rings is 1. The molecule has 2 rings (SSSR count). The first kappa shape index (κ1) is 29.0. The van der Waals surface area contributed by atoms with Crippen LogP contribution in [0.25, 0.3) is 0 Å². The van der Waals surface area contributed by atoms with E-state index in [4.69, 9.17) is 5.73 Å². The molecule has 1 fully saturated rings. The van der Waals surface area contributed by atoms with Crippen LogP contribution in [-0.4, -0.2) is 142 Å². The van der Waals surface area contributed by atoms with Crippen LogP contribution >= 0.6 is 0 Å². The van der Waals surface area contributed by atoms with Crippen LogP contribution in [-0.2, 0) is 25.6 Å². The summed E-state index contributed by atoms with van der Waals surface area (Å²) in [6.45, 7) is 1.25. The zero-order valence-corrected chi connectivity index (χ0v) is 20.2. The molecular weight excluding hydrogens is 474 g/mol. The Morgan fingerprint density at radius 2 is 1.03 bits per heavy atom. The molecule has 1 aromatic rings. The fraction of sp³-hybridized carbons (Fsp3) is 0.565. The highest BCUT2D eigenvalue weighted by Crippen LogP contribution is 2.13. The molecule has 13 nitrogen and oxygen atoms in total. The number of anilines is 1. The monoisotopic (exact) mass is 509 g/mol. The molecule has 0 aliphatic carbocycles. The van der Waals surface area contributed by atoms with Gasteiger partial charge in [0.15, 0.2) is 0 Å². The average Bonchev–Trinajstić information content (AvgIpc) is 2.78. The Hall–Kier alpha value is -3.26. The number of nitrogens with zero attached hydrogens (tertiary/aromatic N) is 4. The third-order valence-electron chi connectivity index (χ3n) is 6.08. The third kappa shape index (κ3) is 10.6. The van der Waals surface area contributed by atoms with Crippen molar-refractivity contribution in [3.63, 3.8) is 0 Å². The Kier molecular flexibility index (Phi) is 11.5. The molecule has 1 atom stereocenters. The van der Waals surface area contributed by atoms with Gasteiger partial charge in [0.2, 0.25) is 0 Å². The molecule has 1 aliphatic rings. The average molecular weight is 510 g/mol. The second-order valence-electron chi connectivity index (χ2n) is 8.85. The molecule has 13 heteroatoms. The van der Waals surface area contributed by atoms with E-state index in [0.717, 1.165) is 5.56 Å². The molecule has 1 unspecified atom stereocenters. The number of rotatable bonds is 10. The SMILES string of the molecule is Nc1ccc(CC(C(=O)O)N2CCN(CC(=O)O)CCN(CC(=O)O)CCN(CC(=O)O)CC2)cc1. The smallest absolute Gasteiger partial charge is 0.321 e. The predicted octanol–water partition coefficient (Wildman–Crippen LogP) is -1.26. The third-order valence-corrected chi connectivity index (χ3v) is 6.08. The van der Waals surface area contributed by atoms with Crippen LogP contribution in [0.5, 0.6) is 0 Å². The summed E-state index contributed by atoms with van der Waals surface area (Å²) in [5.74, 6) is -4.15. The van der Waals surface area contributed by atoms with Crippen LogP contribution in [0, 0.1) is 0 Å². The first-order chi connectivity index (χ1) is 17.0. The van der Waals surface area contributed by atoms with Gasteiger partial charge in [0.05, 0.1) is 19.6 Å². The van der Waals surface area contributed by atoms with Gasteiger partial charge in [-0.15, -0.1) is 0 Å². The number of aliphatic carboxylic acids is 4. The maximum atomic E-state index is 12.3. The molecule has 1 aromatic carbocycles. The quantitative estimate of drug-likeness (QED) is 0.235. The summed E-state index contributed by atoms with van der Waals surface area (Å²) in [5, 5.41) is 37.9. The fourth-order valence-corrected chi connectivity index (χ4v) is 4.16. The molecule has 36 heavy (non-hydrogen) atoms. The Morgan fingerprint density at radius 1 is 0.667 bits per heavy atom. The van der Waals surface area contributed by atoms with Gasteiger partial charge in [-0.3, -0.25) is 38.8 Å². The van der Waals surface area contributed by atoms with Crippen molar-refractivity contribution in [3.8, 4) is 0 Å². The Balaban J connectivity index is 2.28. The van der Waals surface area contributed by atoms with E-state index in [1.165, 1.54) is 0 Å². The minimum absolute atomic E-state index is 0.194. The number of nitrogens with two attached hydrogens (primary N) is 1. The molecule has 6 N–H and O–H groups in total. The van der Waals surface area contributed by atoms with Crippen molar-refractivity contribution in [1.29, 1.82) is 0 Å². The fourth-order valence-electron chi connectivity index (χ4n) is 4.16. The molecule has 0 aromatic heterocycles. The van der Waals surface area contributed by atoms with Crippen molar-refractivity contribution >= 4 is 29.6 Å². The van der Waals surface area contributed by atoms with Gasteiger partial charge in [-0.25, -0.2) is 0 Å².